The van der Waals surface area contributed by atoms with Gasteiger partial charge in [-0.05, 0) is 25.5 Å². The van der Waals surface area contributed by atoms with E-state index in [1.807, 2.05) is 0 Å². The Morgan fingerprint density at radius 3 is 2.75 bits per heavy atom. The fourth-order valence-electron chi connectivity index (χ4n) is 2.08. The molecule has 2 heterocycles. The Bertz CT molecular complexity index is 693. The smallest absolute Gasteiger partial charge is 0.362 e. The number of carbonyl (C=O) groups is 1. The molecule has 0 bridgehead atoms. The van der Waals surface area contributed by atoms with Gasteiger partial charge in [-0.3, -0.25) is 9.48 Å². The molecule has 7 nitrogen and oxygen atoms in total. The second kappa shape index (κ2) is 7.47. The number of rotatable bonds is 7. The first kappa shape index (κ1) is 18.0. The van der Waals surface area contributed by atoms with Crippen molar-refractivity contribution in [1.29, 1.82) is 0 Å². The van der Waals surface area contributed by atoms with Crippen LogP contribution in [-0.4, -0.2) is 39.1 Å². The van der Waals surface area contributed by atoms with E-state index in [1.54, 1.807) is 19.2 Å². The number of methoxy groups -OCH3 is 1. The highest BCUT2D eigenvalue weighted by Crippen LogP contribution is 2.28. The van der Waals surface area contributed by atoms with Crippen molar-refractivity contribution in [2.45, 2.75) is 32.8 Å². The fourth-order valence-corrected chi connectivity index (χ4v) is 2.08. The van der Waals surface area contributed by atoms with Gasteiger partial charge in [0.15, 0.2) is 5.69 Å². The summed E-state index contributed by atoms with van der Waals surface area (Å²) >= 11 is 0. The van der Waals surface area contributed by atoms with Gasteiger partial charge in [0.1, 0.15) is 12.4 Å². The number of halogens is 3. The number of nitrogens with zero attached hydrogens (tertiary/aromatic N) is 4. The molecule has 0 atom stereocenters. The lowest BCUT2D eigenvalue weighted by atomic mass is 10.3. The van der Waals surface area contributed by atoms with Crippen LogP contribution in [0.4, 0.5) is 13.2 Å². The molecule has 1 amide bonds. The summed E-state index contributed by atoms with van der Waals surface area (Å²) in [6.45, 7) is 2.38. The van der Waals surface area contributed by atoms with Crippen molar-refractivity contribution in [3.05, 3.63) is 35.4 Å². The van der Waals surface area contributed by atoms with Gasteiger partial charge in [-0.25, -0.2) is 4.68 Å². The highest BCUT2D eigenvalue weighted by molar-refractivity contribution is 5.92. The molecular formula is C14H18F3N5O2. The summed E-state index contributed by atoms with van der Waals surface area (Å²) < 4.78 is 45.3. The number of nitrogens with one attached hydrogen (secondary N) is 1. The van der Waals surface area contributed by atoms with Gasteiger partial charge in [0.25, 0.3) is 5.91 Å². The van der Waals surface area contributed by atoms with Crippen molar-refractivity contribution in [1.82, 2.24) is 24.9 Å². The summed E-state index contributed by atoms with van der Waals surface area (Å²) in [4.78, 5) is 11.9. The molecule has 132 valence electrons. The van der Waals surface area contributed by atoms with E-state index >= 15 is 0 Å². The van der Waals surface area contributed by atoms with Crippen molar-refractivity contribution >= 4 is 5.91 Å². The molecule has 24 heavy (non-hydrogen) atoms. The zero-order chi connectivity index (χ0) is 17.7. The third kappa shape index (κ3) is 4.57. The van der Waals surface area contributed by atoms with Crippen LogP contribution in [0.1, 0.15) is 28.3 Å². The Hall–Kier alpha value is -2.36. The fraction of sp³-hybridized carbons (Fsp3) is 0.500. The molecule has 2 aromatic rings. The predicted octanol–water partition coefficient (Wildman–Crippen LogP) is 1.83. The first-order valence-electron chi connectivity index (χ1n) is 7.23. The van der Waals surface area contributed by atoms with Crippen molar-refractivity contribution in [2.75, 3.05) is 13.7 Å². The molecule has 1 N–H and O–H groups in total. The molecule has 0 fully saturated rings. The largest absolute Gasteiger partial charge is 0.435 e. The van der Waals surface area contributed by atoms with Gasteiger partial charge < -0.3 is 10.1 Å². The first-order valence-corrected chi connectivity index (χ1v) is 7.23. The number of aromatic nitrogens is 4. The van der Waals surface area contributed by atoms with E-state index in [-0.39, 0.29) is 24.9 Å². The molecule has 2 rings (SSSR count). The Kier molecular flexibility index (Phi) is 5.60. The average molecular weight is 345 g/mol. The number of alkyl halides is 3. The van der Waals surface area contributed by atoms with Crippen LogP contribution in [0.3, 0.4) is 0 Å². The van der Waals surface area contributed by atoms with E-state index in [1.165, 1.54) is 16.5 Å². The lowest BCUT2D eigenvalue weighted by Gasteiger charge is -2.06. The summed E-state index contributed by atoms with van der Waals surface area (Å²) in [5, 5.41) is 10.2. The molecule has 0 aromatic carbocycles. The average Bonchev–Trinajstić information content (AvgIpc) is 3.11. The predicted molar refractivity (Wildman–Crippen MR) is 78.2 cm³/mol. The molecule has 0 aliphatic carbocycles. The molecular weight excluding hydrogens is 327 g/mol. The van der Waals surface area contributed by atoms with E-state index < -0.39 is 11.9 Å². The highest BCUT2D eigenvalue weighted by Gasteiger charge is 2.34. The summed E-state index contributed by atoms with van der Waals surface area (Å²) in [5.41, 5.74) is -0.235. The number of ether oxygens (including phenoxy) is 1. The zero-order valence-corrected chi connectivity index (χ0v) is 13.3. The quantitative estimate of drug-likeness (QED) is 0.777. The van der Waals surface area contributed by atoms with Crippen LogP contribution in [-0.2, 0) is 24.2 Å². The first-order chi connectivity index (χ1) is 11.3. The molecule has 0 spiro atoms. The molecule has 0 unspecified atom stereocenters. The van der Waals surface area contributed by atoms with Gasteiger partial charge in [0, 0.05) is 32.1 Å². The molecule has 0 saturated heterocycles. The third-order valence-corrected chi connectivity index (χ3v) is 3.24. The van der Waals surface area contributed by atoms with Crippen LogP contribution >= 0.6 is 0 Å². The van der Waals surface area contributed by atoms with Crippen LogP contribution < -0.4 is 5.32 Å². The minimum absolute atomic E-state index is 0.243. The van der Waals surface area contributed by atoms with E-state index in [2.05, 4.69) is 15.5 Å². The van der Waals surface area contributed by atoms with E-state index in [4.69, 9.17) is 4.74 Å². The summed E-state index contributed by atoms with van der Waals surface area (Å²) in [6.07, 6.45) is -2.39. The lowest BCUT2D eigenvalue weighted by molar-refractivity contribution is -0.141. The SMILES string of the molecule is COCn1ccc(C(=O)NCCCn2nc(C(F)(F)F)cc2C)n1. The standard InChI is InChI=1S/C14H18F3N5O2/c1-10-8-12(14(15,16)17)20-22(10)6-3-5-18-13(23)11-4-7-21(19-11)9-24-2/h4,7-8H,3,5-6,9H2,1-2H3,(H,18,23). The van der Waals surface area contributed by atoms with E-state index in [9.17, 15) is 18.0 Å². The Balaban J connectivity index is 1.80. The molecule has 10 heteroatoms. The number of hydrogen-bond acceptors (Lipinski definition) is 4. The summed E-state index contributed by atoms with van der Waals surface area (Å²) in [5.74, 6) is -0.349. The number of amides is 1. The van der Waals surface area contributed by atoms with Gasteiger partial charge in [-0.1, -0.05) is 0 Å². The van der Waals surface area contributed by atoms with Gasteiger partial charge in [0.05, 0.1) is 0 Å². The summed E-state index contributed by atoms with van der Waals surface area (Å²) in [7, 11) is 1.52. The normalized spacial score (nSPS) is 11.7. The summed E-state index contributed by atoms with van der Waals surface area (Å²) in [6, 6.07) is 2.56. The maximum Gasteiger partial charge on any atom is 0.435 e. The zero-order valence-electron chi connectivity index (χ0n) is 13.3. The Morgan fingerprint density at radius 1 is 1.38 bits per heavy atom. The lowest BCUT2D eigenvalue weighted by Crippen LogP contribution is -2.26. The van der Waals surface area contributed by atoms with Crippen molar-refractivity contribution in [3.8, 4) is 0 Å². The highest BCUT2D eigenvalue weighted by atomic mass is 19.4. The van der Waals surface area contributed by atoms with Gasteiger partial charge in [-0.2, -0.15) is 23.4 Å². The molecule has 0 aliphatic heterocycles. The van der Waals surface area contributed by atoms with Crippen LogP contribution in [0.5, 0.6) is 0 Å². The van der Waals surface area contributed by atoms with Gasteiger partial charge in [-0.15, -0.1) is 0 Å². The second-order valence-electron chi connectivity index (χ2n) is 5.16. The maximum atomic E-state index is 12.6. The molecule has 0 saturated carbocycles. The van der Waals surface area contributed by atoms with Crippen molar-refractivity contribution in [3.63, 3.8) is 0 Å². The van der Waals surface area contributed by atoms with Crippen LogP contribution in [0, 0.1) is 6.92 Å². The van der Waals surface area contributed by atoms with Crippen molar-refractivity contribution < 1.29 is 22.7 Å². The molecule has 0 radical (unpaired) electrons. The molecule has 2 aromatic heterocycles. The number of carbonyl (C=O) groups excluding carboxylic acids is 1. The van der Waals surface area contributed by atoms with Crippen LogP contribution in [0.25, 0.3) is 0 Å². The monoisotopic (exact) mass is 345 g/mol. The van der Waals surface area contributed by atoms with Gasteiger partial charge in [0.2, 0.25) is 0 Å². The van der Waals surface area contributed by atoms with Crippen LogP contribution in [0.2, 0.25) is 0 Å². The maximum absolute atomic E-state index is 12.6. The molecule has 0 aliphatic rings. The minimum Gasteiger partial charge on any atom is -0.362 e. The van der Waals surface area contributed by atoms with Gasteiger partial charge >= 0.3 is 6.18 Å². The van der Waals surface area contributed by atoms with Crippen LogP contribution in [0.15, 0.2) is 18.3 Å². The minimum atomic E-state index is -4.45. The van der Waals surface area contributed by atoms with E-state index in [0.29, 0.717) is 18.7 Å². The second-order valence-corrected chi connectivity index (χ2v) is 5.16. The third-order valence-electron chi connectivity index (χ3n) is 3.24. The number of aryl methyl sites for hydroxylation is 2. The topological polar surface area (TPSA) is 74.0 Å². The van der Waals surface area contributed by atoms with E-state index in [0.717, 1.165) is 6.07 Å². The number of hydrogen-bond donors (Lipinski definition) is 1. The Morgan fingerprint density at radius 2 is 2.12 bits per heavy atom. The van der Waals surface area contributed by atoms with Crippen molar-refractivity contribution in [2.24, 2.45) is 0 Å². The Labute approximate surface area is 136 Å².